The molecule has 3 saturated heterocycles. The molecule has 0 unspecified atom stereocenters. The summed E-state index contributed by atoms with van der Waals surface area (Å²) in [4.78, 5) is 29.7. The van der Waals surface area contributed by atoms with Crippen molar-refractivity contribution in [1.29, 1.82) is 5.26 Å². The topological polar surface area (TPSA) is 125 Å². The summed E-state index contributed by atoms with van der Waals surface area (Å²) in [6.45, 7) is 12.3. The summed E-state index contributed by atoms with van der Waals surface area (Å²) in [5, 5.41) is 10.2. The minimum Gasteiger partial charge on any atom is -0.457 e. The number of piperazine rings is 1. The Balaban J connectivity index is 1.11. The number of nitrogen functional groups attached to an aromatic ring is 1. The molecule has 1 amide bonds. The third kappa shape index (κ3) is 6.44. The van der Waals surface area contributed by atoms with Crippen molar-refractivity contribution in [2.75, 3.05) is 58.2 Å². The molecule has 2 aromatic heterocycles. The number of nitrogens with two attached hydrogens (primary N) is 1. The Morgan fingerprint density at radius 2 is 1.88 bits per heavy atom. The van der Waals surface area contributed by atoms with Gasteiger partial charge in [-0.1, -0.05) is 18.2 Å². The number of nitriles is 1. The summed E-state index contributed by atoms with van der Waals surface area (Å²) < 4.78 is 28.9. The number of hydrogen-bond donors (Lipinski definition) is 1. The normalized spacial score (nSPS) is 20.3. The summed E-state index contributed by atoms with van der Waals surface area (Å²) in [5.74, 6) is 0.887. The number of para-hydroxylation sites is 1. The largest absolute Gasteiger partial charge is 0.457 e. The number of aromatic nitrogens is 3. The van der Waals surface area contributed by atoms with Gasteiger partial charge in [-0.3, -0.25) is 19.0 Å². The molecule has 1 atom stereocenters. The fourth-order valence-electron chi connectivity index (χ4n) is 7.47. The zero-order valence-corrected chi connectivity index (χ0v) is 28.8. The van der Waals surface area contributed by atoms with Crippen LogP contribution < -0.4 is 10.5 Å². The molecule has 3 aliphatic heterocycles. The number of carbonyl (C=O) groups excluding carboxylic acids is 1. The lowest BCUT2D eigenvalue weighted by atomic mass is 9.93. The molecule has 4 aromatic rings. The van der Waals surface area contributed by atoms with Crippen LogP contribution >= 0.6 is 0 Å². The van der Waals surface area contributed by atoms with Crippen molar-refractivity contribution >= 4 is 17.2 Å². The number of carbonyl (C=O) groups is 1. The third-order valence-electron chi connectivity index (χ3n) is 10.4. The second-order valence-electron chi connectivity index (χ2n) is 14.3. The lowest BCUT2D eigenvalue weighted by Crippen LogP contribution is -2.66. The first-order valence-electron chi connectivity index (χ1n) is 17.2. The molecule has 0 saturated carbocycles. The lowest BCUT2D eigenvalue weighted by molar-refractivity contribution is -0.142. The van der Waals surface area contributed by atoms with Crippen LogP contribution in [-0.4, -0.2) is 98.5 Å². The number of likely N-dealkylation sites (tertiary alicyclic amines) is 1. The number of rotatable bonds is 8. The fraction of sp³-hybridized carbons (Fsp3) is 0.421. The Labute approximate surface area is 291 Å². The van der Waals surface area contributed by atoms with Gasteiger partial charge in [0.05, 0.1) is 18.8 Å². The fourth-order valence-corrected chi connectivity index (χ4v) is 7.47. The van der Waals surface area contributed by atoms with Gasteiger partial charge in [-0.2, -0.15) is 5.26 Å². The highest BCUT2D eigenvalue weighted by Gasteiger charge is 2.42. The van der Waals surface area contributed by atoms with Gasteiger partial charge in [-0.25, -0.2) is 14.4 Å². The molecule has 0 radical (unpaired) electrons. The number of fused-ring (bicyclic) bond motifs is 1. The highest BCUT2D eigenvalue weighted by Crippen LogP contribution is 2.37. The van der Waals surface area contributed by atoms with Crippen LogP contribution in [0.1, 0.15) is 45.4 Å². The van der Waals surface area contributed by atoms with Gasteiger partial charge in [0.15, 0.2) is 0 Å². The molecule has 2 aromatic carbocycles. The Hall–Kier alpha value is -4.83. The zero-order chi connectivity index (χ0) is 35.0. The molecule has 3 aliphatic rings. The Kier molecular flexibility index (Phi) is 9.07. The van der Waals surface area contributed by atoms with E-state index in [9.17, 15) is 10.1 Å². The van der Waals surface area contributed by atoms with Crippen LogP contribution in [0.5, 0.6) is 11.5 Å². The molecule has 2 N–H and O–H groups in total. The number of ether oxygens (including phenoxy) is 2. The van der Waals surface area contributed by atoms with Crippen LogP contribution in [0.4, 0.5) is 10.2 Å². The van der Waals surface area contributed by atoms with E-state index in [2.05, 4.69) is 41.6 Å². The van der Waals surface area contributed by atoms with Gasteiger partial charge in [0.25, 0.3) is 5.91 Å². The predicted molar refractivity (Wildman–Crippen MR) is 188 cm³/mol. The van der Waals surface area contributed by atoms with E-state index in [1.165, 1.54) is 6.07 Å². The Morgan fingerprint density at radius 1 is 1.12 bits per heavy atom. The van der Waals surface area contributed by atoms with E-state index in [0.717, 1.165) is 52.2 Å². The molecule has 0 aliphatic carbocycles. The number of benzene rings is 2. The van der Waals surface area contributed by atoms with Crippen molar-refractivity contribution in [3.05, 3.63) is 84.2 Å². The molecule has 50 heavy (non-hydrogen) atoms. The summed E-state index contributed by atoms with van der Waals surface area (Å²) in [7, 11) is 0. The Bertz CT molecular complexity index is 1960. The van der Waals surface area contributed by atoms with E-state index < -0.39 is 11.4 Å². The van der Waals surface area contributed by atoms with Gasteiger partial charge in [0.2, 0.25) is 0 Å². The maximum Gasteiger partial charge on any atom is 0.264 e. The number of amides is 1. The first-order chi connectivity index (χ1) is 24.1. The van der Waals surface area contributed by atoms with Crippen molar-refractivity contribution in [2.24, 2.45) is 0 Å². The molecule has 0 spiro atoms. The summed E-state index contributed by atoms with van der Waals surface area (Å²) >= 11 is 0. The third-order valence-corrected chi connectivity index (χ3v) is 10.4. The summed E-state index contributed by atoms with van der Waals surface area (Å²) in [5.41, 5.74) is 7.27. The van der Waals surface area contributed by atoms with Gasteiger partial charge >= 0.3 is 0 Å². The van der Waals surface area contributed by atoms with Crippen LogP contribution in [0.3, 0.4) is 0 Å². The van der Waals surface area contributed by atoms with E-state index in [4.69, 9.17) is 20.2 Å². The number of imidazole rings is 1. The van der Waals surface area contributed by atoms with Gasteiger partial charge in [-0.05, 0) is 64.0 Å². The molecule has 260 valence electrons. The number of nitrogens with zero attached hydrogens (tertiary/aromatic N) is 7. The first-order valence-corrected chi connectivity index (χ1v) is 17.2. The monoisotopic (exact) mass is 678 g/mol. The number of halogens is 1. The first kappa shape index (κ1) is 33.7. The second kappa shape index (κ2) is 13.5. The van der Waals surface area contributed by atoms with Crippen molar-refractivity contribution in [3.63, 3.8) is 0 Å². The lowest BCUT2D eigenvalue weighted by Gasteiger charge is -2.52. The molecule has 3 fully saturated rings. The second-order valence-corrected chi connectivity index (χ2v) is 14.3. The minimum absolute atomic E-state index is 0.101. The molecule has 11 nitrogen and oxygen atoms in total. The molecular weight excluding hydrogens is 635 g/mol. The van der Waals surface area contributed by atoms with Crippen LogP contribution in [0.15, 0.2) is 72.6 Å². The zero-order valence-electron chi connectivity index (χ0n) is 28.8. The predicted octanol–water partition coefficient (Wildman–Crippen LogP) is 5.25. The molecule has 12 heteroatoms. The highest BCUT2D eigenvalue weighted by atomic mass is 19.1. The minimum atomic E-state index is -0.507. The molecule has 7 rings (SSSR count). The van der Waals surface area contributed by atoms with Crippen molar-refractivity contribution in [2.45, 2.75) is 50.6 Å². The van der Waals surface area contributed by atoms with Crippen LogP contribution in [0.25, 0.3) is 16.8 Å². The quantitative estimate of drug-likeness (QED) is 0.197. The smallest absolute Gasteiger partial charge is 0.264 e. The van der Waals surface area contributed by atoms with Crippen molar-refractivity contribution in [1.82, 2.24) is 29.1 Å². The van der Waals surface area contributed by atoms with Crippen LogP contribution in [-0.2, 0) is 9.53 Å². The Morgan fingerprint density at radius 3 is 2.56 bits per heavy atom. The molecule has 5 heterocycles. The van der Waals surface area contributed by atoms with Crippen molar-refractivity contribution in [3.8, 4) is 28.8 Å². The standard InChI is InChI=1S/C38H43FN8O3/c1-37(2,45-16-18-46(19-17-45)38(3)24-49-25-38)21-27(22-40)36(48)44-14-7-8-26(23-44)35-43-32(33-34(41)42-13-15-47(33)35)30-12-11-29(20-31(30)39)50-28-9-5-4-6-10-28/h4-6,9-13,15,20-21,26H,7-8,14,16-19,23-25H2,1-3H3,(H2,41,42)/b27-21-/t26-/m1/s1. The average Bonchev–Trinajstić information content (AvgIpc) is 3.50. The van der Waals surface area contributed by atoms with E-state index in [0.29, 0.717) is 41.6 Å². The maximum absolute atomic E-state index is 15.7. The average molecular weight is 679 g/mol. The van der Waals surface area contributed by atoms with Gasteiger partial charge in [-0.15, -0.1) is 0 Å². The van der Waals surface area contributed by atoms with Crippen LogP contribution in [0.2, 0.25) is 0 Å². The molecule has 0 bridgehead atoms. The van der Waals surface area contributed by atoms with E-state index >= 15 is 4.39 Å². The molecular formula is C38H43FN8O3. The van der Waals surface area contributed by atoms with Crippen molar-refractivity contribution < 1.29 is 18.7 Å². The summed E-state index contributed by atoms with van der Waals surface area (Å²) in [6.07, 6.45) is 6.68. The van der Waals surface area contributed by atoms with E-state index in [1.807, 2.05) is 28.7 Å². The number of hydrogen-bond acceptors (Lipinski definition) is 9. The maximum atomic E-state index is 15.7. The van der Waals surface area contributed by atoms with E-state index in [-0.39, 0.29) is 34.3 Å². The van der Waals surface area contributed by atoms with Gasteiger partial charge in [0, 0.05) is 74.7 Å². The number of anilines is 1. The summed E-state index contributed by atoms with van der Waals surface area (Å²) in [6, 6.07) is 16.1. The van der Waals surface area contributed by atoms with Gasteiger partial charge < -0.3 is 20.1 Å². The SMILES string of the molecule is CC(C)(/C=C(/C#N)C(=O)N1CCC[C@@H](c2nc(-c3ccc(Oc4ccccc4)cc3F)c3c(N)nccn23)C1)N1CCN(C2(C)COC2)CC1. The number of piperidine rings is 1. The highest BCUT2D eigenvalue weighted by molar-refractivity contribution is 5.97. The van der Waals surface area contributed by atoms with Crippen LogP contribution in [0, 0.1) is 17.1 Å². The van der Waals surface area contributed by atoms with Gasteiger partial charge in [0.1, 0.15) is 51.8 Å². The van der Waals surface area contributed by atoms with E-state index in [1.54, 1.807) is 41.6 Å².